The quantitative estimate of drug-likeness (QED) is 0.474. The summed E-state index contributed by atoms with van der Waals surface area (Å²) in [5, 5.41) is 2.48. The Kier molecular flexibility index (Phi) is 13.1. The number of methoxy groups -OCH3 is 1. The fourth-order valence-electron chi connectivity index (χ4n) is 4.27. The summed E-state index contributed by atoms with van der Waals surface area (Å²) >= 11 is 0. The molecule has 1 unspecified atom stereocenters. The highest BCUT2D eigenvalue weighted by Crippen LogP contribution is 2.25. The highest BCUT2D eigenvalue weighted by molar-refractivity contribution is 7.82. The van der Waals surface area contributed by atoms with Crippen LogP contribution in [-0.4, -0.2) is 104 Å². The third kappa shape index (κ3) is 9.62. The van der Waals surface area contributed by atoms with Crippen LogP contribution in [0.5, 0.6) is 5.75 Å². The van der Waals surface area contributed by atoms with Gasteiger partial charge in [0.05, 0.1) is 18.6 Å². The highest BCUT2D eigenvalue weighted by Gasteiger charge is 2.17. The zero-order valence-electron chi connectivity index (χ0n) is 21.7. The summed E-state index contributed by atoms with van der Waals surface area (Å²) in [7, 11) is 3.66. The van der Waals surface area contributed by atoms with Crippen LogP contribution in [0, 0.1) is 13.8 Å². The van der Waals surface area contributed by atoms with Crippen molar-refractivity contribution >= 4 is 16.9 Å². The lowest BCUT2D eigenvalue weighted by Gasteiger charge is -2.19. The summed E-state index contributed by atoms with van der Waals surface area (Å²) in [6.07, 6.45) is 5.72. The minimum absolute atomic E-state index is 0.0115. The van der Waals surface area contributed by atoms with Crippen LogP contribution >= 0.6 is 0 Å². The molecule has 1 N–H and O–H groups in total. The molecule has 0 aromatic heterocycles. The molecule has 0 bridgehead atoms. The van der Waals surface area contributed by atoms with E-state index >= 15 is 0 Å². The number of nitrogens with one attached hydrogen (secondary N) is 1. The molecule has 1 amide bonds. The molecule has 9 heteroatoms. The molecule has 194 valence electrons. The molecular formula is C25H44N4O4S. The molecule has 0 radical (unpaired) electrons. The highest BCUT2D eigenvalue weighted by atomic mass is 32.2. The topological polar surface area (TPSA) is 74.4 Å². The molecule has 34 heavy (non-hydrogen) atoms. The number of aryl methyl sites for hydroxylation is 2. The molecule has 2 heterocycles. The van der Waals surface area contributed by atoms with Crippen LogP contribution in [0.3, 0.4) is 0 Å². The number of hydrogen-bond donors (Lipinski definition) is 1. The fourth-order valence-corrected chi connectivity index (χ4v) is 5.49. The first-order chi connectivity index (χ1) is 16.3. The second-order valence-corrected chi connectivity index (χ2v) is 10.5. The molecule has 2 saturated heterocycles. The van der Waals surface area contributed by atoms with Crippen LogP contribution in [-0.2, 0) is 20.5 Å². The molecule has 2 fully saturated rings. The molecule has 3 rings (SSSR count). The van der Waals surface area contributed by atoms with E-state index in [-0.39, 0.29) is 12.5 Å². The Bertz CT molecular complexity index is 741. The lowest BCUT2D eigenvalue weighted by atomic mass is 10.1. The number of carbonyl (C=O) groups excluding carboxylic acids is 1. The van der Waals surface area contributed by atoms with Crippen molar-refractivity contribution < 1.29 is 18.5 Å². The van der Waals surface area contributed by atoms with Crippen LogP contribution in [0.15, 0.2) is 17.0 Å². The first kappa shape index (κ1) is 28.7. The van der Waals surface area contributed by atoms with E-state index in [0.29, 0.717) is 13.2 Å². The Morgan fingerprint density at radius 3 is 1.97 bits per heavy atom. The molecule has 0 saturated carbocycles. The first-order valence-electron chi connectivity index (χ1n) is 12.4. The van der Waals surface area contributed by atoms with Crippen LogP contribution in [0.4, 0.5) is 0 Å². The number of likely N-dealkylation sites (N-methyl/N-ethyl adjacent to an activating group) is 2. The van der Waals surface area contributed by atoms with Crippen molar-refractivity contribution in [2.45, 2.75) is 44.4 Å². The van der Waals surface area contributed by atoms with Crippen molar-refractivity contribution in [1.82, 2.24) is 19.4 Å². The van der Waals surface area contributed by atoms with Gasteiger partial charge in [0.15, 0.2) is 0 Å². The van der Waals surface area contributed by atoms with Gasteiger partial charge in [-0.15, -0.1) is 0 Å². The summed E-state index contributed by atoms with van der Waals surface area (Å²) in [5.41, 5.74) is 1.85. The normalized spacial score (nSPS) is 17.5. The Labute approximate surface area is 208 Å². The van der Waals surface area contributed by atoms with Crippen molar-refractivity contribution in [2.24, 2.45) is 0 Å². The zero-order valence-corrected chi connectivity index (χ0v) is 22.5. The van der Waals surface area contributed by atoms with Crippen LogP contribution in [0.25, 0.3) is 0 Å². The second kappa shape index (κ2) is 15.5. The Balaban J connectivity index is 0.000000283. The van der Waals surface area contributed by atoms with Crippen molar-refractivity contribution in [2.75, 3.05) is 80.2 Å². The van der Waals surface area contributed by atoms with Gasteiger partial charge in [-0.2, -0.15) is 0 Å². The summed E-state index contributed by atoms with van der Waals surface area (Å²) in [4.78, 5) is 17.0. The Morgan fingerprint density at radius 1 is 1.03 bits per heavy atom. The van der Waals surface area contributed by atoms with Crippen LogP contribution < -0.4 is 10.1 Å². The van der Waals surface area contributed by atoms with Crippen molar-refractivity contribution in [3.8, 4) is 5.75 Å². The monoisotopic (exact) mass is 496 g/mol. The maximum Gasteiger partial charge on any atom is 0.245 e. The van der Waals surface area contributed by atoms with Gasteiger partial charge < -0.3 is 24.6 Å². The van der Waals surface area contributed by atoms with Gasteiger partial charge >= 0.3 is 0 Å². The van der Waals surface area contributed by atoms with E-state index in [1.807, 2.05) is 26.0 Å². The van der Waals surface area contributed by atoms with E-state index in [9.17, 15) is 9.00 Å². The van der Waals surface area contributed by atoms with Gasteiger partial charge in [-0.25, -0.2) is 8.51 Å². The average molecular weight is 497 g/mol. The number of likely N-dealkylation sites (tertiary alicyclic amines) is 2. The maximum absolute atomic E-state index is 12.6. The fraction of sp³-hybridized carbons (Fsp3) is 0.720. The molecular weight excluding hydrogens is 452 g/mol. The number of hydrogen-bond acceptors (Lipinski definition) is 6. The smallest absolute Gasteiger partial charge is 0.245 e. The van der Waals surface area contributed by atoms with Gasteiger partial charge in [0, 0.05) is 33.7 Å². The number of amides is 1. The van der Waals surface area contributed by atoms with Crippen molar-refractivity contribution in [3.63, 3.8) is 0 Å². The summed E-state index contributed by atoms with van der Waals surface area (Å²) < 4.78 is 24.8. The third-order valence-electron chi connectivity index (χ3n) is 6.32. The third-order valence-corrected chi connectivity index (χ3v) is 8.06. The SMILES string of the molecule is C1CCN(CCN2CCCC2)C1.CNC(=O)COCCN(C)S(=O)c1c(C)cc(OC)cc1C. The maximum atomic E-state index is 12.6. The second-order valence-electron chi connectivity index (χ2n) is 9.01. The van der Waals surface area contributed by atoms with Crippen LogP contribution in [0.1, 0.15) is 36.8 Å². The predicted octanol–water partition coefficient (Wildman–Crippen LogP) is 2.21. The van der Waals surface area contributed by atoms with Gasteiger partial charge in [-0.05, 0) is 89.0 Å². The predicted molar refractivity (Wildman–Crippen MR) is 138 cm³/mol. The molecule has 1 aromatic carbocycles. The van der Waals surface area contributed by atoms with Crippen molar-refractivity contribution in [1.29, 1.82) is 0 Å². The number of rotatable bonds is 11. The lowest BCUT2D eigenvalue weighted by molar-refractivity contribution is -0.125. The Hall–Kier alpha value is -1.52. The van der Waals surface area contributed by atoms with Gasteiger partial charge in [0.1, 0.15) is 23.3 Å². The van der Waals surface area contributed by atoms with Gasteiger partial charge in [0.2, 0.25) is 5.91 Å². The molecule has 2 aliphatic rings. The van der Waals surface area contributed by atoms with Crippen molar-refractivity contribution in [3.05, 3.63) is 23.3 Å². The first-order valence-corrected chi connectivity index (χ1v) is 13.5. The van der Waals surface area contributed by atoms with E-state index < -0.39 is 11.0 Å². The molecule has 0 spiro atoms. The van der Waals surface area contributed by atoms with Gasteiger partial charge in [-0.3, -0.25) is 4.79 Å². The van der Waals surface area contributed by atoms with E-state index in [0.717, 1.165) is 21.8 Å². The zero-order chi connectivity index (χ0) is 24.9. The molecule has 8 nitrogen and oxygen atoms in total. The summed E-state index contributed by atoms with van der Waals surface area (Å²) in [5.74, 6) is 0.581. The number of ether oxygens (including phenoxy) is 2. The largest absolute Gasteiger partial charge is 0.497 e. The summed E-state index contributed by atoms with van der Waals surface area (Å²) in [6.45, 7) is 12.7. The molecule has 1 aromatic rings. The minimum atomic E-state index is -1.28. The van der Waals surface area contributed by atoms with Crippen LogP contribution in [0.2, 0.25) is 0 Å². The van der Waals surface area contributed by atoms with E-state index in [2.05, 4.69) is 15.1 Å². The van der Waals surface area contributed by atoms with E-state index in [4.69, 9.17) is 9.47 Å². The molecule has 1 atom stereocenters. The Morgan fingerprint density at radius 2 is 1.53 bits per heavy atom. The standard InChI is InChI=1S/C15H24N2O4S.C10H20N2/c1-11-8-13(20-5)9-12(2)15(11)22(19)17(4)6-7-21-10-14(18)16-3;1-2-6-11(5-1)9-10-12-7-3-4-8-12/h8-9H,6-7,10H2,1-5H3,(H,16,18);1-10H2. The van der Waals surface area contributed by atoms with E-state index in [1.165, 1.54) is 65.0 Å². The van der Waals surface area contributed by atoms with Gasteiger partial charge in [0.25, 0.3) is 0 Å². The lowest BCUT2D eigenvalue weighted by Crippen LogP contribution is -2.31. The number of nitrogens with zero attached hydrogens (tertiary/aromatic N) is 3. The molecule has 0 aliphatic carbocycles. The summed E-state index contributed by atoms with van der Waals surface area (Å²) in [6, 6.07) is 3.74. The minimum Gasteiger partial charge on any atom is -0.497 e. The number of benzene rings is 1. The van der Waals surface area contributed by atoms with Gasteiger partial charge in [-0.1, -0.05) is 0 Å². The average Bonchev–Trinajstić information content (AvgIpc) is 3.54. The van der Waals surface area contributed by atoms with E-state index in [1.54, 1.807) is 25.5 Å². The molecule has 2 aliphatic heterocycles. The number of carbonyl (C=O) groups is 1.